The van der Waals surface area contributed by atoms with E-state index in [1.165, 1.54) is 0 Å². The zero-order valence-electron chi connectivity index (χ0n) is 10.2. The molecule has 0 aromatic carbocycles. The molecule has 2 atom stereocenters. The van der Waals surface area contributed by atoms with Gasteiger partial charge in [-0.05, 0) is 11.8 Å². The maximum atomic E-state index is 11.7. The van der Waals surface area contributed by atoms with Crippen LogP contribution in [0.1, 0.15) is 33.6 Å². The lowest BCUT2D eigenvalue weighted by Crippen LogP contribution is -2.51. The largest absolute Gasteiger partial charge is 0.353 e. The lowest BCUT2D eigenvalue weighted by Gasteiger charge is -2.26. The van der Waals surface area contributed by atoms with Crippen LogP contribution in [-0.4, -0.2) is 30.4 Å². The normalized spacial score (nSPS) is 22.8. The molecule has 1 rings (SSSR count). The molecule has 2 amide bonds. The summed E-state index contributed by atoms with van der Waals surface area (Å²) >= 11 is 0. The van der Waals surface area contributed by atoms with Crippen molar-refractivity contribution in [1.82, 2.24) is 10.6 Å². The van der Waals surface area contributed by atoms with Crippen LogP contribution < -0.4 is 16.4 Å². The van der Waals surface area contributed by atoms with Gasteiger partial charge in [0.25, 0.3) is 0 Å². The topological polar surface area (TPSA) is 84.2 Å². The van der Waals surface area contributed by atoms with Gasteiger partial charge in [0, 0.05) is 19.0 Å². The molecule has 1 aliphatic heterocycles. The Kier molecular flexibility index (Phi) is 3.91. The van der Waals surface area contributed by atoms with Gasteiger partial charge >= 0.3 is 0 Å². The molecule has 16 heavy (non-hydrogen) atoms. The SMILES string of the molecule is CC(C)(C)[C@@H](N)C(=O)NCC1CCC(=O)N1. The lowest BCUT2D eigenvalue weighted by molar-refractivity contribution is -0.125. The fraction of sp³-hybridized carbons (Fsp3) is 0.818. The minimum Gasteiger partial charge on any atom is -0.353 e. The first-order chi connectivity index (χ1) is 7.30. The summed E-state index contributed by atoms with van der Waals surface area (Å²) in [6.07, 6.45) is 1.33. The Balaban J connectivity index is 2.33. The number of nitrogens with one attached hydrogen (secondary N) is 2. The van der Waals surface area contributed by atoms with Crippen LogP contribution in [0.3, 0.4) is 0 Å². The van der Waals surface area contributed by atoms with Gasteiger partial charge in [0.1, 0.15) is 0 Å². The summed E-state index contributed by atoms with van der Waals surface area (Å²) in [4.78, 5) is 22.6. The van der Waals surface area contributed by atoms with E-state index in [-0.39, 0.29) is 23.3 Å². The van der Waals surface area contributed by atoms with Crippen molar-refractivity contribution in [3.05, 3.63) is 0 Å². The Bertz CT molecular complexity index is 283. The average molecular weight is 227 g/mol. The van der Waals surface area contributed by atoms with Crippen LogP contribution in [0.4, 0.5) is 0 Å². The molecule has 0 saturated carbocycles. The quantitative estimate of drug-likeness (QED) is 0.622. The molecule has 1 fully saturated rings. The molecule has 0 aromatic rings. The van der Waals surface area contributed by atoms with Crippen molar-refractivity contribution in [3.63, 3.8) is 0 Å². The average Bonchev–Trinajstić information content (AvgIpc) is 2.58. The number of carbonyl (C=O) groups excluding carboxylic acids is 2. The van der Waals surface area contributed by atoms with E-state index in [9.17, 15) is 9.59 Å². The van der Waals surface area contributed by atoms with Gasteiger partial charge in [-0.2, -0.15) is 0 Å². The predicted molar refractivity (Wildman–Crippen MR) is 61.6 cm³/mol. The van der Waals surface area contributed by atoms with Gasteiger partial charge < -0.3 is 16.4 Å². The molecule has 0 aromatic heterocycles. The van der Waals surface area contributed by atoms with Crippen LogP contribution in [0.5, 0.6) is 0 Å². The van der Waals surface area contributed by atoms with E-state index in [2.05, 4.69) is 10.6 Å². The Labute approximate surface area is 96.1 Å². The van der Waals surface area contributed by atoms with Crippen molar-refractivity contribution in [2.75, 3.05) is 6.54 Å². The first kappa shape index (κ1) is 13.0. The Hall–Kier alpha value is -1.10. The highest BCUT2D eigenvalue weighted by atomic mass is 16.2. The fourth-order valence-electron chi connectivity index (χ4n) is 1.56. The van der Waals surface area contributed by atoms with Gasteiger partial charge in [-0.1, -0.05) is 20.8 Å². The second-order valence-corrected chi connectivity index (χ2v) is 5.39. The Morgan fingerprint density at radius 2 is 2.25 bits per heavy atom. The van der Waals surface area contributed by atoms with Gasteiger partial charge in [0.2, 0.25) is 11.8 Å². The van der Waals surface area contributed by atoms with Crippen LogP contribution in [0, 0.1) is 5.41 Å². The van der Waals surface area contributed by atoms with Crippen LogP contribution in [-0.2, 0) is 9.59 Å². The summed E-state index contributed by atoms with van der Waals surface area (Å²) in [7, 11) is 0. The van der Waals surface area contributed by atoms with Crippen molar-refractivity contribution in [1.29, 1.82) is 0 Å². The van der Waals surface area contributed by atoms with E-state index >= 15 is 0 Å². The molecule has 5 nitrogen and oxygen atoms in total. The number of hydrogen-bond donors (Lipinski definition) is 3. The number of rotatable bonds is 3. The fourth-order valence-corrected chi connectivity index (χ4v) is 1.56. The first-order valence-corrected chi connectivity index (χ1v) is 5.63. The van der Waals surface area contributed by atoms with E-state index in [1.807, 2.05) is 20.8 Å². The van der Waals surface area contributed by atoms with E-state index in [0.29, 0.717) is 13.0 Å². The van der Waals surface area contributed by atoms with Crippen LogP contribution >= 0.6 is 0 Å². The van der Waals surface area contributed by atoms with E-state index in [1.54, 1.807) is 0 Å². The predicted octanol–water partition coefficient (Wildman–Crippen LogP) is -0.245. The second kappa shape index (κ2) is 4.82. The standard InChI is InChI=1S/C11H21N3O2/c1-11(2,3)9(12)10(16)13-6-7-4-5-8(15)14-7/h7,9H,4-6,12H2,1-3H3,(H,13,16)(H,14,15)/t7?,9-/m0/s1. The van der Waals surface area contributed by atoms with Gasteiger partial charge in [-0.3, -0.25) is 9.59 Å². The zero-order chi connectivity index (χ0) is 12.3. The molecule has 1 saturated heterocycles. The highest BCUT2D eigenvalue weighted by molar-refractivity contribution is 5.82. The number of amides is 2. The summed E-state index contributed by atoms with van der Waals surface area (Å²) in [5, 5.41) is 5.57. The minimum absolute atomic E-state index is 0.0550. The van der Waals surface area contributed by atoms with E-state index in [0.717, 1.165) is 6.42 Å². The molecule has 1 aliphatic rings. The van der Waals surface area contributed by atoms with Crippen LogP contribution in [0.2, 0.25) is 0 Å². The maximum Gasteiger partial charge on any atom is 0.237 e. The molecule has 1 heterocycles. The van der Waals surface area contributed by atoms with Gasteiger partial charge in [0.05, 0.1) is 6.04 Å². The molecular formula is C11H21N3O2. The zero-order valence-corrected chi connectivity index (χ0v) is 10.2. The van der Waals surface area contributed by atoms with Crippen molar-refractivity contribution in [2.45, 2.75) is 45.7 Å². The van der Waals surface area contributed by atoms with Crippen LogP contribution in [0.15, 0.2) is 0 Å². The highest BCUT2D eigenvalue weighted by Crippen LogP contribution is 2.17. The minimum atomic E-state index is -0.524. The number of carbonyl (C=O) groups is 2. The molecule has 0 spiro atoms. The number of hydrogen-bond acceptors (Lipinski definition) is 3. The van der Waals surface area contributed by atoms with E-state index in [4.69, 9.17) is 5.73 Å². The van der Waals surface area contributed by atoms with E-state index < -0.39 is 6.04 Å². The molecule has 0 aliphatic carbocycles. The van der Waals surface area contributed by atoms with Crippen molar-refractivity contribution >= 4 is 11.8 Å². The molecule has 5 heteroatoms. The van der Waals surface area contributed by atoms with Gasteiger partial charge in [-0.25, -0.2) is 0 Å². The van der Waals surface area contributed by atoms with Crippen molar-refractivity contribution < 1.29 is 9.59 Å². The summed E-state index contributed by atoms with van der Waals surface area (Å²) < 4.78 is 0. The monoisotopic (exact) mass is 227 g/mol. The Morgan fingerprint density at radius 1 is 1.62 bits per heavy atom. The summed E-state index contributed by atoms with van der Waals surface area (Å²) in [5.74, 6) is -0.104. The first-order valence-electron chi connectivity index (χ1n) is 5.63. The van der Waals surface area contributed by atoms with Crippen molar-refractivity contribution in [3.8, 4) is 0 Å². The third-order valence-corrected chi connectivity index (χ3v) is 2.82. The lowest BCUT2D eigenvalue weighted by atomic mass is 9.87. The summed E-state index contributed by atoms with van der Waals surface area (Å²) in [6.45, 7) is 6.24. The van der Waals surface area contributed by atoms with Gasteiger partial charge in [-0.15, -0.1) is 0 Å². The van der Waals surface area contributed by atoms with Gasteiger partial charge in [0.15, 0.2) is 0 Å². The molecule has 4 N–H and O–H groups in total. The summed E-state index contributed by atoms with van der Waals surface area (Å²) in [6, 6.07) is -0.465. The van der Waals surface area contributed by atoms with Crippen LogP contribution in [0.25, 0.3) is 0 Å². The van der Waals surface area contributed by atoms with Crippen molar-refractivity contribution in [2.24, 2.45) is 11.1 Å². The molecule has 92 valence electrons. The molecule has 0 radical (unpaired) electrons. The molecular weight excluding hydrogens is 206 g/mol. The third kappa shape index (κ3) is 3.48. The third-order valence-electron chi connectivity index (χ3n) is 2.82. The Morgan fingerprint density at radius 3 is 2.69 bits per heavy atom. The number of nitrogens with two attached hydrogens (primary N) is 1. The highest BCUT2D eigenvalue weighted by Gasteiger charge is 2.28. The molecule has 0 bridgehead atoms. The molecule has 1 unspecified atom stereocenters. The second-order valence-electron chi connectivity index (χ2n) is 5.39. The summed E-state index contributed by atoms with van der Waals surface area (Å²) in [5.41, 5.74) is 5.56. The maximum absolute atomic E-state index is 11.7. The smallest absolute Gasteiger partial charge is 0.237 e.